The quantitative estimate of drug-likeness (QED) is 0.609. The molecule has 1 spiro atoms. The highest BCUT2D eigenvalue weighted by atomic mass is 16.7. The third-order valence-electron chi connectivity index (χ3n) is 6.01. The Morgan fingerprint density at radius 2 is 2.08 bits per heavy atom. The van der Waals surface area contributed by atoms with Crippen LogP contribution in [0.3, 0.4) is 0 Å². The lowest BCUT2D eigenvalue weighted by atomic mass is 9.60. The van der Waals surface area contributed by atoms with Crippen molar-refractivity contribution < 1.29 is 23.7 Å². The highest BCUT2D eigenvalue weighted by molar-refractivity contribution is 5.90. The summed E-state index contributed by atoms with van der Waals surface area (Å²) in [7, 11) is 1.39. The van der Waals surface area contributed by atoms with Gasteiger partial charge in [-0.25, -0.2) is 4.79 Å². The number of ether oxygens (including phenoxy) is 4. The van der Waals surface area contributed by atoms with Crippen LogP contribution >= 0.6 is 0 Å². The largest absolute Gasteiger partial charge is 0.493 e. The van der Waals surface area contributed by atoms with E-state index in [0.29, 0.717) is 31.3 Å². The van der Waals surface area contributed by atoms with Gasteiger partial charge in [0.15, 0.2) is 5.79 Å². The molecule has 1 saturated heterocycles. The molecule has 0 unspecified atom stereocenters. The van der Waals surface area contributed by atoms with Crippen molar-refractivity contribution in [2.75, 3.05) is 26.9 Å². The number of carbonyl (C=O) groups is 1. The molecule has 5 heteroatoms. The van der Waals surface area contributed by atoms with Crippen LogP contribution in [0.1, 0.15) is 41.6 Å². The van der Waals surface area contributed by atoms with Gasteiger partial charge in [-0.05, 0) is 30.9 Å². The molecule has 0 N–H and O–H groups in total. The van der Waals surface area contributed by atoms with Crippen LogP contribution in [0.4, 0.5) is 0 Å². The fourth-order valence-corrected chi connectivity index (χ4v) is 4.70. The van der Waals surface area contributed by atoms with E-state index in [4.69, 9.17) is 18.9 Å². The second kappa shape index (κ2) is 6.15. The molecule has 2 heterocycles. The van der Waals surface area contributed by atoms with Crippen LogP contribution in [-0.4, -0.2) is 38.7 Å². The van der Waals surface area contributed by atoms with Gasteiger partial charge in [0.05, 0.1) is 32.5 Å². The molecule has 0 radical (unpaired) electrons. The summed E-state index contributed by atoms with van der Waals surface area (Å²) >= 11 is 0. The number of hydrogen-bond donors (Lipinski definition) is 0. The third-order valence-corrected chi connectivity index (χ3v) is 6.01. The first-order valence-corrected chi connectivity index (χ1v) is 8.90. The number of esters is 1. The molecule has 25 heavy (non-hydrogen) atoms. The average Bonchev–Trinajstić information content (AvgIpc) is 3.03. The number of methoxy groups -OCH3 is 1. The number of benzene rings is 1. The summed E-state index contributed by atoms with van der Waals surface area (Å²) in [5.41, 5.74) is 1.43. The molecule has 1 aliphatic carbocycles. The maximum atomic E-state index is 11.9. The van der Waals surface area contributed by atoms with Gasteiger partial charge >= 0.3 is 5.97 Å². The summed E-state index contributed by atoms with van der Waals surface area (Å²) in [5, 5.41) is 0. The van der Waals surface area contributed by atoms with Crippen LogP contribution < -0.4 is 4.74 Å². The summed E-state index contributed by atoms with van der Waals surface area (Å²) in [6.45, 7) is 6.11. The standard InChI is InChI=1S/C20H24O5/c1-3-19-7-8-20(24-10-11-25-20)13-15(19)6-9-23-17-12-14(18(21)22-2)4-5-16(17)19/h3-5,12,15H,1,6-11,13H2,2H3/t15-,19+/m0/s1. The Labute approximate surface area is 147 Å². The zero-order valence-electron chi connectivity index (χ0n) is 14.6. The van der Waals surface area contributed by atoms with Crippen molar-refractivity contribution >= 4 is 5.97 Å². The smallest absolute Gasteiger partial charge is 0.337 e. The van der Waals surface area contributed by atoms with Gasteiger partial charge in [-0.1, -0.05) is 12.1 Å². The van der Waals surface area contributed by atoms with Gasteiger partial charge in [-0.15, -0.1) is 6.58 Å². The Morgan fingerprint density at radius 1 is 1.28 bits per heavy atom. The fraction of sp³-hybridized carbons (Fsp3) is 0.550. The Bertz CT molecular complexity index is 691. The molecule has 0 bridgehead atoms. The van der Waals surface area contributed by atoms with Gasteiger partial charge in [0.2, 0.25) is 0 Å². The average molecular weight is 344 g/mol. The van der Waals surface area contributed by atoms with Gasteiger partial charge in [0.25, 0.3) is 0 Å². The number of allylic oxidation sites excluding steroid dienone is 1. The fourth-order valence-electron chi connectivity index (χ4n) is 4.70. The molecule has 4 rings (SSSR count). The van der Waals surface area contributed by atoms with Crippen molar-refractivity contribution in [3.8, 4) is 5.75 Å². The van der Waals surface area contributed by atoms with Gasteiger partial charge in [0, 0.05) is 23.8 Å². The van der Waals surface area contributed by atoms with Gasteiger partial charge in [-0.3, -0.25) is 0 Å². The third kappa shape index (κ3) is 2.57. The van der Waals surface area contributed by atoms with Gasteiger partial charge in [0.1, 0.15) is 5.75 Å². The van der Waals surface area contributed by atoms with E-state index < -0.39 is 5.79 Å². The number of rotatable bonds is 2. The number of fused-ring (bicyclic) bond motifs is 3. The molecule has 1 aromatic rings. The van der Waals surface area contributed by atoms with E-state index in [1.165, 1.54) is 7.11 Å². The molecule has 0 amide bonds. The maximum absolute atomic E-state index is 11.9. The Hall–Kier alpha value is -1.85. The Morgan fingerprint density at radius 3 is 2.80 bits per heavy atom. The van der Waals surface area contributed by atoms with Crippen molar-refractivity contribution in [1.82, 2.24) is 0 Å². The highest BCUT2D eigenvalue weighted by Gasteiger charge is 2.52. The van der Waals surface area contributed by atoms with Crippen LogP contribution in [0.15, 0.2) is 30.9 Å². The molecule has 2 aliphatic heterocycles. The van der Waals surface area contributed by atoms with E-state index in [-0.39, 0.29) is 11.4 Å². The van der Waals surface area contributed by atoms with Crippen molar-refractivity contribution in [1.29, 1.82) is 0 Å². The zero-order valence-corrected chi connectivity index (χ0v) is 14.6. The lowest BCUT2D eigenvalue weighted by Gasteiger charge is -2.47. The summed E-state index contributed by atoms with van der Waals surface area (Å²) < 4.78 is 22.8. The Kier molecular flexibility index (Phi) is 4.08. The Balaban J connectivity index is 1.74. The molecular formula is C20H24O5. The lowest BCUT2D eigenvalue weighted by molar-refractivity contribution is -0.195. The SMILES string of the molecule is C=C[C@@]12CCC3(C[C@@H]1CCOc1cc(C(=O)OC)ccc12)OCCO3. The van der Waals surface area contributed by atoms with Gasteiger partial charge in [-0.2, -0.15) is 0 Å². The van der Waals surface area contributed by atoms with E-state index >= 15 is 0 Å². The van der Waals surface area contributed by atoms with Crippen LogP contribution in [0, 0.1) is 5.92 Å². The number of carbonyl (C=O) groups excluding carboxylic acids is 1. The van der Waals surface area contributed by atoms with E-state index in [2.05, 4.69) is 12.7 Å². The van der Waals surface area contributed by atoms with E-state index in [9.17, 15) is 4.79 Å². The van der Waals surface area contributed by atoms with Gasteiger partial charge < -0.3 is 18.9 Å². The monoisotopic (exact) mass is 344 g/mol. The second-order valence-corrected chi connectivity index (χ2v) is 7.09. The van der Waals surface area contributed by atoms with Crippen LogP contribution in [0.25, 0.3) is 0 Å². The first-order valence-electron chi connectivity index (χ1n) is 8.90. The van der Waals surface area contributed by atoms with Crippen molar-refractivity contribution in [3.63, 3.8) is 0 Å². The second-order valence-electron chi connectivity index (χ2n) is 7.09. The molecule has 0 aromatic heterocycles. The van der Waals surface area contributed by atoms with Crippen molar-refractivity contribution in [2.24, 2.45) is 5.92 Å². The van der Waals surface area contributed by atoms with E-state index in [0.717, 1.165) is 37.0 Å². The molecule has 1 saturated carbocycles. The minimum Gasteiger partial charge on any atom is -0.493 e. The first kappa shape index (κ1) is 16.6. The molecule has 2 fully saturated rings. The van der Waals surface area contributed by atoms with Crippen molar-refractivity contribution in [2.45, 2.75) is 36.9 Å². The zero-order chi connectivity index (χ0) is 17.5. The van der Waals surface area contributed by atoms with Crippen LogP contribution in [0.2, 0.25) is 0 Å². The van der Waals surface area contributed by atoms with E-state index in [1.54, 1.807) is 6.07 Å². The van der Waals surface area contributed by atoms with E-state index in [1.807, 2.05) is 12.1 Å². The number of hydrogen-bond acceptors (Lipinski definition) is 5. The molecule has 1 aromatic carbocycles. The summed E-state index contributed by atoms with van der Waals surface area (Å²) in [4.78, 5) is 11.9. The predicted molar refractivity (Wildman–Crippen MR) is 91.7 cm³/mol. The maximum Gasteiger partial charge on any atom is 0.337 e. The van der Waals surface area contributed by atoms with Crippen LogP contribution in [-0.2, 0) is 19.6 Å². The van der Waals surface area contributed by atoms with Crippen LogP contribution in [0.5, 0.6) is 5.75 Å². The first-order chi connectivity index (χ1) is 12.1. The molecule has 2 atom stereocenters. The topological polar surface area (TPSA) is 54.0 Å². The lowest BCUT2D eigenvalue weighted by Crippen LogP contribution is -2.47. The summed E-state index contributed by atoms with van der Waals surface area (Å²) in [5.74, 6) is 0.306. The molecular weight excluding hydrogens is 320 g/mol. The van der Waals surface area contributed by atoms with Crippen molar-refractivity contribution in [3.05, 3.63) is 42.0 Å². The minimum absolute atomic E-state index is 0.180. The highest BCUT2D eigenvalue weighted by Crippen LogP contribution is 2.54. The molecule has 5 nitrogen and oxygen atoms in total. The summed E-state index contributed by atoms with van der Waals surface area (Å²) in [6.07, 6.45) is 5.55. The normalized spacial score (nSPS) is 29.9. The summed E-state index contributed by atoms with van der Waals surface area (Å²) in [6, 6.07) is 5.60. The molecule has 134 valence electrons. The minimum atomic E-state index is -0.437. The predicted octanol–water partition coefficient (Wildman–Crippen LogP) is 3.22. The molecule has 3 aliphatic rings.